The fourth-order valence-corrected chi connectivity index (χ4v) is 4.58. The van der Waals surface area contributed by atoms with Gasteiger partial charge in [0.25, 0.3) is 0 Å². The zero-order valence-electron chi connectivity index (χ0n) is 13.4. The first-order valence-corrected chi connectivity index (χ1v) is 9.73. The Morgan fingerprint density at radius 3 is 2.83 bits per heavy atom. The number of halogens is 2. The highest BCUT2D eigenvalue weighted by Gasteiger charge is 2.17. The third-order valence-electron chi connectivity index (χ3n) is 3.92. The normalized spacial score (nSPS) is 12.7. The minimum absolute atomic E-state index is 0.122. The van der Waals surface area contributed by atoms with E-state index in [-0.39, 0.29) is 17.1 Å². The smallest absolute Gasteiger partial charge is 0.224 e. The minimum Gasteiger partial charge on any atom is -0.364 e. The van der Waals surface area contributed by atoms with Crippen molar-refractivity contribution in [1.82, 2.24) is 9.97 Å². The van der Waals surface area contributed by atoms with E-state index in [9.17, 15) is 4.39 Å². The van der Waals surface area contributed by atoms with Crippen LogP contribution in [0.1, 0.15) is 28.7 Å². The Labute approximate surface area is 152 Å². The van der Waals surface area contributed by atoms with Crippen molar-refractivity contribution in [2.24, 2.45) is 5.73 Å². The summed E-state index contributed by atoms with van der Waals surface area (Å²) in [6.07, 6.45) is 1.73. The summed E-state index contributed by atoms with van der Waals surface area (Å²) in [5.41, 5.74) is 8.02. The van der Waals surface area contributed by atoms with Crippen LogP contribution < -0.4 is 11.1 Å². The summed E-state index contributed by atoms with van der Waals surface area (Å²) in [6.45, 7) is 4.47. The molecule has 0 unspecified atom stereocenters. The maximum Gasteiger partial charge on any atom is 0.224 e. The zero-order valence-corrected chi connectivity index (χ0v) is 15.8. The van der Waals surface area contributed by atoms with E-state index >= 15 is 0 Å². The molecule has 3 aromatic heterocycles. The minimum atomic E-state index is -0.208. The van der Waals surface area contributed by atoms with Crippen LogP contribution in [-0.2, 0) is 13.0 Å². The van der Waals surface area contributed by atoms with Crippen molar-refractivity contribution in [2.45, 2.75) is 39.3 Å². The summed E-state index contributed by atoms with van der Waals surface area (Å²) in [5.74, 6) is 0.433. The van der Waals surface area contributed by atoms with E-state index in [4.69, 9.17) is 17.3 Å². The number of aromatic nitrogens is 2. The Morgan fingerprint density at radius 2 is 2.17 bits per heavy atom. The number of anilines is 1. The molecule has 0 saturated heterocycles. The number of hydrogen-bond donors (Lipinski definition) is 2. The highest BCUT2D eigenvalue weighted by Crippen LogP contribution is 2.35. The Balaban J connectivity index is 1.95. The molecule has 3 rings (SSSR count). The van der Waals surface area contributed by atoms with Gasteiger partial charge in [-0.05, 0) is 48.4 Å². The van der Waals surface area contributed by atoms with Crippen molar-refractivity contribution >= 4 is 50.3 Å². The first kappa shape index (κ1) is 17.5. The fraction of sp³-hybridized carbons (Fsp3) is 0.375. The number of hydrogen-bond acceptors (Lipinski definition) is 6. The molecule has 3 N–H and O–H groups in total. The first-order valence-electron chi connectivity index (χ1n) is 7.66. The van der Waals surface area contributed by atoms with Crippen molar-refractivity contribution in [3.63, 3.8) is 0 Å². The molecule has 0 spiro atoms. The topological polar surface area (TPSA) is 63.8 Å². The Morgan fingerprint density at radius 1 is 1.38 bits per heavy atom. The predicted molar refractivity (Wildman–Crippen MR) is 101 cm³/mol. The Bertz CT molecular complexity index is 861. The molecule has 0 radical (unpaired) electrons. The molecule has 0 bridgehead atoms. The zero-order chi connectivity index (χ0) is 17.3. The van der Waals surface area contributed by atoms with E-state index in [1.54, 1.807) is 16.7 Å². The van der Waals surface area contributed by atoms with Gasteiger partial charge >= 0.3 is 0 Å². The van der Waals surface area contributed by atoms with Gasteiger partial charge in [0.1, 0.15) is 11.6 Å². The molecule has 0 saturated carbocycles. The third kappa shape index (κ3) is 3.54. The molecule has 0 aliphatic heterocycles. The van der Waals surface area contributed by atoms with Gasteiger partial charge in [-0.1, -0.05) is 6.92 Å². The van der Waals surface area contributed by atoms with Crippen molar-refractivity contribution in [3.05, 3.63) is 37.9 Å². The van der Waals surface area contributed by atoms with Gasteiger partial charge in [-0.25, -0.2) is 9.37 Å². The Hall–Kier alpha value is -1.28. The van der Waals surface area contributed by atoms with Gasteiger partial charge in [0, 0.05) is 10.9 Å². The van der Waals surface area contributed by atoms with Gasteiger partial charge in [-0.15, -0.1) is 22.7 Å². The van der Waals surface area contributed by atoms with E-state index in [2.05, 4.69) is 22.2 Å². The van der Waals surface area contributed by atoms with Crippen molar-refractivity contribution in [2.75, 3.05) is 5.32 Å². The highest BCUT2D eigenvalue weighted by atomic mass is 35.5. The SMILES string of the molecule is CC[C@H](N)Cc1sc2c(NCc3sccc3F)nc(Cl)nc2c1C. The van der Waals surface area contributed by atoms with E-state index in [1.807, 2.05) is 6.92 Å². The number of nitrogens with one attached hydrogen (secondary N) is 1. The maximum atomic E-state index is 13.6. The lowest BCUT2D eigenvalue weighted by atomic mass is 10.1. The number of nitrogens with two attached hydrogens (primary N) is 1. The van der Waals surface area contributed by atoms with Crippen LogP contribution in [0.3, 0.4) is 0 Å². The quantitative estimate of drug-likeness (QED) is 0.602. The molecule has 0 aliphatic carbocycles. The van der Waals surface area contributed by atoms with E-state index < -0.39 is 0 Å². The van der Waals surface area contributed by atoms with E-state index in [0.717, 1.165) is 28.6 Å². The second-order valence-corrected chi connectivity index (χ2v) is 8.03. The molecule has 1 atom stereocenters. The van der Waals surface area contributed by atoms with Gasteiger partial charge in [0.2, 0.25) is 5.28 Å². The second-order valence-electron chi connectivity index (χ2n) is 5.59. The van der Waals surface area contributed by atoms with Crippen LogP contribution in [0.2, 0.25) is 5.28 Å². The third-order valence-corrected chi connectivity index (χ3v) is 6.29. The highest BCUT2D eigenvalue weighted by molar-refractivity contribution is 7.19. The largest absolute Gasteiger partial charge is 0.364 e. The van der Waals surface area contributed by atoms with Crippen LogP contribution in [0.5, 0.6) is 0 Å². The molecule has 0 fully saturated rings. The molecular formula is C16H18ClFN4S2. The van der Waals surface area contributed by atoms with Crippen LogP contribution >= 0.6 is 34.3 Å². The number of fused-ring (bicyclic) bond motifs is 1. The average Bonchev–Trinajstić information content (AvgIpc) is 3.10. The molecule has 0 amide bonds. The molecule has 4 nitrogen and oxygen atoms in total. The summed E-state index contributed by atoms with van der Waals surface area (Å²) in [4.78, 5) is 10.5. The van der Waals surface area contributed by atoms with Crippen LogP contribution in [0.25, 0.3) is 10.2 Å². The fourth-order valence-electron chi connectivity index (χ4n) is 2.42. The summed E-state index contributed by atoms with van der Waals surface area (Å²) in [6, 6.07) is 1.58. The number of thiophene rings is 2. The van der Waals surface area contributed by atoms with Crippen LogP contribution in [0.4, 0.5) is 10.2 Å². The molecule has 3 aromatic rings. The van der Waals surface area contributed by atoms with Crippen molar-refractivity contribution < 1.29 is 4.39 Å². The van der Waals surface area contributed by atoms with Gasteiger partial charge in [0.05, 0.1) is 21.6 Å². The lowest BCUT2D eigenvalue weighted by Crippen LogP contribution is -2.21. The summed E-state index contributed by atoms with van der Waals surface area (Å²) in [5, 5.41) is 5.11. The monoisotopic (exact) mass is 384 g/mol. The average molecular weight is 385 g/mol. The van der Waals surface area contributed by atoms with Gasteiger partial charge in [-0.3, -0.25) is 0 Å². The van der Waals surface area contributed by atoms with Crippen LogP contribution in [-0.4, -0.2) is 16.0 Å². The van der Waals surface area contributed by atoms with Crippen LogP contribution in [0, 0.1) is 12.7 Å². The number of aryl methyl sites for hydroxylation is 1. The lowest BCUT2D eigenvalue weighted by Gasteiger charge is -2.06. The number of nitrogens with zero attached hydrogens (tertiary/aromatic N) is 2. The maximum absolute atomic E-state index is 13.6. The standard InChI is InChI=1S/C16H18ClFN4S2/c1-3-9(19)6-11-8(2)13-14(24-11)15(22-16(17)21-13)20-7-12-10(18)4-5-23-12/h4-5,9H,3,6-7,19H2,1-2H3,(H,20,21,22)/t9-/m0/s1. The molecule has 24 heavy (non-hydrogen) atoms. The molecular weight excluding hydrogens is 367 g/mol. The van der Waals surface area contributed by atoms with Gasteiger partial charge < -0.3 is 11.1 Å². The number of rotatable bonds is 6. The molecule has 0 aliphatic rings. The van der Waals surface area contributed by atoms with E-state index in [1.165, 1.54) is 22.3 Å². The summed E-state index contributed by atoms with van der Waals surface area (Å²) in [7, 11) is 0. The van der Waals surface area contributed by atoms with E-state index in [0.29, 0.717) is 17.2 Å². The lowest BCUT2D eigenvalue weighted by molar-refractivity contribution is 0.621. The summed E-state index contributed by atoms with van der Waals surface area (Å²) < 4.78 is 14.5. The molecule has 128 valence electrons. The first-order chi connectivity index (χ1) is 11.5. The molecule has 0 aromatic carbocycles. The van der Waals surface area contributed by atoms with Crippen molar-refractivity contribution in [3.8, 4) is 0 Å². The molecule has 8 heteroatoms. The Kier molecular flexibility index (Phi) is 5.34. The van der Waals surface area contributed by atoms with Crippen LogP contribution in [0.15, 0.2) is 11.4 Å². The van der Waals surface area contributed by atoms with Crippen molar-refractivity contribution in [1.29, 1.82) is 0 Å². The van der Waals surface area contributed by atoms with Gasteiger partial charge in [-0.2, -0.15) is 4.98 Å². The molecule has 3 heterocycles. The summed E-state index contributed by atoms with van der Waals surface area (Å²) >= 11 is 9.08. The second kappa shape index (κ2) is 7.31. The predicted octanol–water partition coefficient (Wildman–Crippen LogP) is 4.75. The van der Waals surface area contributed by atoms with Gasteiger partial charge in [0.15, 0.2) is 0 Å².